The Bertz CT molecular complexity index is 261. The lowest BCUT2D eigenvalue weighted by Crippen LogP contribution is -2.33. The van der Waals surface area contributed by atoms with Crippen molar-refractivity contribution >= 4 is 11.7 Å². The molecule has 2 atom stereocenters. The van der Waals surface area contributed by atoms with Crippen molar-refractivity contribution in [2.75, 3.05) is 0 Å². The Morgan fingerprint density at radius 2 is 2.58 bits per heavy atom. The van der Waals surface area contributed by atoms with E-state index in [1.807, 2.05) is 6.92 Å². The average molecular weight is 169 g/mol. The molecule has 0 aromatic heterocycles. The van der Waals surface area contributed by atoms with Gasteiger partial charge in [-0.25, -0.2) is 4.79 Å². The van der Waals surface area contributed by atoms with Crippen LogP contribution in [0.5, 0.6) is 0 Å². The van der Waals surface area contributed by atoms with Gasteiger partial charge in [0.15, 0.2) is 5.71 Å². The zero-order valence-corrected chi connectivity index (χ0v) is 6.91. The quantitative estimate of drug-likeness (QED) is 0.637. The molecular formula is C8H11NO3. The molecule has 0 amide bonds. The van der Waals surface area contributed by atoms with E-state index in [1.54, 1.807) is 0 Å². The van der Waals surface area contributed by atoms with Crippen LogP contribution in [0.15, 0.2) is 5.16 Å². The maximum Gasteiger partial charge on any atom is 0.354 e. The van der Waals surface area contributed by atoms with Crippen molar-refractivity contribution in [2.24, 2.45) is 11.1 Å². The number of aliphatic carboxylic acids is 1. The molecule has 0 spiro atoms. The summed E-state index contributed by atoms with van der Waals surface area (Å²) in [7, 11) is 0. The van der Waals surface area contributed by atoms with E-state index >= 15 is 0 Å². The zero-order chi connectivity index (χ0) is 8.77. The van der Waals surface area contributed by atoms with Crippen LogP contribution < -0.4 is 0 Å². The van der Waals surface area contributed by atoms with Gasteiger partial charge in [-0.05, 0) is 26.2 Å². The number of rotatable bonds is 1. The highest BCUT2D eigenvalue weighted by Gasteiger charge is 2.50. The van der Waals surface area contributed by atoms with Crippen molar-refractivity contribution in [3.05, 3.63) is 0 Å². The number of oxime groups is 1. The van der Waals surface area contributed by atoms with Gasteiger partial charge in [-0.2, -0.15) is 0 Å². The van der Waals surface area contributed by atoms with Crippen LogP contribution in [0.3, 0.4) is 0 Å². The number of nitrogens with zero attached hydrogens (tertiary/aromatic N) is 1. The first-order valence-corrected chi connectivity index (χ1v) is 4.13. The molecule has 12 heavy (non-hydrogen) atoms. The molecule has 1 aliphatic heterocycles. The molecule has 0 aromatic rings. The fourth-order valence-electron chi connectivity index (χ4n) is 2.08. The number of hydrogen-bond acceptors (Lipinski definition) is 3. The number of carboxylic acid groups (broad SMARTS) is 1. The molecule has 2 unspecified atom stereocenters. The smallest absolute Gasteiger partial charge is 0.354 e. The Morgan fingerprint density at radius 3 is 3.25 bits per heavy atom. The Kier molecular flexibility index (Phi) is 1.40. The summed E-state index contributed by atoms with van der Waals surface area (Å²) < 4.78 is 0. The Morgan fingerprint density at radius 1 is 1.83 bits per heavy atom. The molecule has 0 aromatic carbocycles. The van der Waals surface area contributed by atoms with E-state index in [-0.39, 0.29) is 17.2 Å². The SMILES string of the molecule is CC12CCCC1C(C(=O)O)=NO2. The maximum absolute atomic E-state index is 10.7. The lowest BCUT2D eigenvalue weighted by Gasteiger charge is -2.20. The normalized spacial score (nSPS) is 38.8. The summed E-state index contributed by atoms with van der Waals surface area (Å²) in [5.74, 6) is -0.930. The fourth-order valence-corrected chi connectivity index (χ4v) is 2.08. The average Bonchev–Trinajstić information content (AvgIpc) is 2.43. The van der Waals surface area contributed by atoms with Crippen molar-refractivity contribution < 1.29 is 14.7 Å². The highest BCUT2D eigenvalue weighted by atomic mass is 16.7. The third-order valence-electron chi connectivity index (χ3n) is 2.80. The monoisotopic (exact) mass is 169 g/mol. The summed E-state index contributed by atoms with van der Waals surface area (Å²) >= 11 is 0. The first kappa shape index (κ1) is 7.58. The lowest BCUT2D eigenvalue weighted by atomic mass is 9.89. The van der Waals surface area contributed by atoms with Crippen LogP contribution in [0.25, 0.3) is 0 Å². The third kappa shape index (κ3) is 0.838. The van der Waals surface area contributed by atoms with Gasteiger partial charge < -0.3 is 9.94 Å². The molecule has 1 saturated carbocycles. The molecule has 0 bridgehead atoms. The van der Waals surface area contributed by atoms with Gasteiger partial charge in [-0.1, -0.05) is 5.16 Å². The summed E-state index contributed by atoms with van der Waals surface area (Å²) in [6, 6.07) is 0. The summed E-state index contributed by atoms with van der Waals surface area (Å²) in [5.41, 5.74) is -0.122. The van der Waals surface area contributed by atoms with Crippen LogP contribution in [0, 0.1) is 5.92 Å². The minimum atomic E-state index is -0.939. The summed E-state index contributed by atoms with van der Waals surface area (Å²) in [4.78, 5) is 15.8. The number of hydrogen-bond donors (Lipinski definition) is 1. The first-order valence-electron chi connectivity index (χ1n) is 4.13. The highest BCUT2D eigenvalue weighted by Crippen LogP contribution is 2.43. The molecule has 1 heterocycles. The van der Waals surface area contributed by atoms with E-state index in [9.17, 15) is 4.79 Å². The van der Waals surface area contributed by atoms with E-state index in [1.165, 1.54) is 0 Å². The highest BCUT2D eigenvalue weighted by molar-refractivity contribution is 6.37. The van der Waals surface area contributed by atoms with Gasteiger partial charge in [-0.15, -0.1) is 0 Å². The third-order valence-corrected chi connectivity index (χ3v) is 2.80. The van der Waals surface area contributed by atoms with Crippen LogP contribution in [-0.4, -0.2) is 22.4 Å². The second-order valence-corrected chi connectivity index (χ2v) is 3.63. The second kappa shape index (κ2) is 2.21. The van der Waals surface area contributed by atoms with Gasteiger partial charge in [0.05, 0.1) is 5.92 Å². The van der Waals surface area contributed by atoms with E-state index < -0.39 is 5.97 Å². The molecule has 2 aliphatic rings. The summed E-state index contributed by atoms with van der Waals surface area (Å²) in [6.07, 6.45) is 2.84. The van der Waals surface area contributed by atoms with Crippen LogP contribution in [0.1, 0.15) is 26.2 Å². The van der Waals surface area contributed by atoms with E-state index in [4.69, 9.17) is 9.94 Å². The Hall–Kier alpha value is -1.06. The molecule has 0 saturated heterocycles. The zero-order valence-electron chi connectivity index (χ0n) is 6.91. The summed E-state index contributed by atoms with van der Waals surface area (Å²) in [5, 5.41) is 12.4. The summed E-state index contributed by atoms with van der Waals surface area (Å²) in [6.45, 7) is 1.93. The molecular weight excluding hydrogens is 158 g/mol. The Labute approximate surface area is 70.2 Å². The van der Waals surface area contributed by atoms with Gasteiger partial charge in [-0.3, -0.25) is 0 Å². The predicted molar refractivity (Wildman–Crippen MR) is 41.9 cm³/mol. The number of fused-ring (bicyclic) bond motifs is 1. The Balaban J connectivity index is 2.26. The van der Waals surface area contributed by atoms with Gasteiger partial charge >= 0.3 is 5.97 Å². The molecule has 2 rings (SSSR count). The number of carboxylic acids is 1. The first-order chi connectivity index (χ1) is 5.63. The van der Waals surface area contributed by atoms with Crippen LogP contribution in [-0.2, 0) is 9.63 Å². The maximum atomic E-state index is 10.7. The van der Waals surface area contributed by atoms with Crippen molar-refractivity contribution in [2.45, 2.75) is 31.8 Å². The minimum absolute atomic E-state index is 0.00926. The topological polar surface area (TPSA) is 58.9 Å². The molecule has 1 aliphatic carbocycles. The molecule has 0 radical (unpaired) electrons. The largest absolute Gasteiger partial charge is 0.477 e. The molecule has 4 nitrogen and oxygen atoms in total. The molecule has 1 N–H and O–H groups in total. The fraction of sp³-hybridized carbons (Fsp3) is 0.750. The van der Waals surface area contributed by atoms with E-state index in [2.05, 4.69) is 5.16 Å². The van der Waals surface area contributed by atoms with Crippen molar-refractivity contribution in [3.8, 4) is 0 Å². The standard InChI is InChI=1S/C8H11NO3/c1-8-4-2-3-5(8)6(7(10)11)9-12-8/h5H,2-4H2,1H3,(H,10,11). The number of carbonyl (C=O) groups is 1. The van der Waals surface area contributed by atoms with Crippen molar-refractivity contribution in [3.63, 3.8) is 0 Å². The van der Waals surface area contributed by atoms with Crippen LogP contribution in [0.4, 0.5) is 0 Å². The van der Waals surface area contributed by atoms with Crippen LogP contribution in [0.2, 0.25) is 0 Å². The van der Waals surface area contributed by atoms with Gasteiger partial charge in [0, 0.05) is 0 Å². The predicted octanol–water partition coefficient (Wildman–Crippen LogP) is 1.02. The van der Waals surface area contributed by atoms with E-state index in [0.29, 0.717) is 0 Å². The second-order valence-electron chi connectivity index (χ2n) is 3.63. The molecule has 66 valence electrons. The van der Waals surface area contributed by atoms with Gasteiger partial charge in [0.2, 0.25) is 0 Å². The lowest BCUT2D eigenvalue weighted by molar-refractivity contribution is -0.129. The molecule has 4 heteroatoms. The van der Waals surface area contributed by atoms with Crippen molar-refractivity contribution in [1.82, 2.24) is 0 Å². The van der Waals surface area contributed by atoms with Crippen LogP contribution >= 0.6 is 0 Å². The van der Waals surface area contributed by atoms with Crippen molar-refractivity contribution in [1.29, 1.82) is 0 Å². The van der Waals surface area contributed by atoms with Gasteiger partial charge in [0.1, 0.15) is 5.60 Å². The molecule has 1 fully saturated rings. The van der Waals surface area contributed by atoms with E-state index in [0.717, 1.165) is 19.3 Å². The minimum Gasteiger partial charge on any atom is -0.477 e. The van der Waals surface area contributed by atoms with Gasteiger partial charge in [0.25, 0.3) is 0 Å².